The third-order valence-electron chi connectivity index (χ3n) is 2.77. The molecule has 0 aromatic rings. The van der Waals surface area contributed by atoms with Gasteiger partial charge in [0.25, 0.3) is 0 Å². The Balaban J connectivity index is 4.31. The molecule has 0 spiro atoms. The molecule has 0 aromatic heterocycles. The van der Waals surface area contributed by atoms with Crippen molar-refractivity contribution in [3.05, 3.63) is 0 Å². The van der Waals surface area contributed by atoms with Gasteiger partial charge in [0.05, 0.1) is 12.0 Å². The Morgan fingerprint density at radius 2 is 1.89 bits per heavy atom. The molecule has 0 saturated heterocycles. The van der Waals surface area contributed by atoms with Gasteiger partial charge in [-0.2, -0.15) is 13.2 Å². The fourth-order valence-electron chi connectivity index (χ4n) is 1.49. The molecule has 0 bridgehead atoms. The lowest BCUT2D eigenvalue weighted by Crippen LogP contribution is -2.40. The van der Waals surface area contributed by atoms with Crippen molar-refractivity contribution in [2.24, 2.45) is 11.1 Å². The highest BCUT2D eigenvalue weighted by Crippen LogP contribution is 2.27. The molecule has 0 rings (SSSR count). The van der Waals surface area contributed by atoms with E-state index in [1.807, 2.05) is 0 Å². The van der Waals surface area contributed by atoms with E-state index in [4.69, 9.17) is 10.5 Å². The van der Waals surface area contributed by atoms with Crippen molar-refractivity contribution >= 4 is 5.97 Å². The molecule has 0 fully saturated rings. The van der Waals surface area contributed by atoms with Crippen molar-refractivity contribution in [3.8, 4) is 0 Å². The zero-order valence-electron chi connectivity index (χ0n) is 10.7. The second-order valence-corrected chi connectivity index (χ2v) is 3.98. The molecule has 1 unspecified atom stereocenters. The molecule has 0 aliphatic carbocycles. The van der Waals surface area contributed by atoms with E-state index >= 15 is 0 Å². The molecule has 7 heteroatoms. The van der Waals surface area contributed by atoms with Crippen LogP contribution in [0.25, 0.3) is 0 Å². The number of alkyl halides is 3. The van der Waals surface area contributed by atoms with Crippen molar-refractivity contribution in [2.45, 2.75) is 32.9 Å². The number of rotatable bonds is 8. The van der Waals surface area contributed by atoms with Crippen LogP contribution < -0.4 is 5.73 Å². The Kier molecular flexibility index (Phi) is 7.23. The minimum Gasteiger partial charge on any atom is -0.466 e. The van der Waals surface area contributed by atoms with Crippen molar-refractivity contribution in [2.75, 3.05) is 26.4 Å². The van der Waals surface area contributed by atoms with Crippen LogP contribution >= 0.6 is 0 Å². The smallest absolute Gasteiger partial charge is 0.411 e. The van der Waals surface area contributed by atoms with Gasteiger partial charge in [-0.15, -0.1) is 0 Å². The summed E-state index contributed by atoms with van der Waals surface area (Å²) in [6, 6.07) is 0. The molecule has 4 nitrogen and oxygen atoms in total. The maximum atomic E-state index is 11.9. The standard InChI is InChI=1S/C11H20F3NO3/c1-3-10(7-15,9(16)18-4-2)5-6-17-8-11(12,13)14/h3-8,15H2,1-2H3. The summed E-state index contributed by atoms with van der Waals surface area (Å²) in [5.41, 5.74) is 4.58. The molecule has 1 atom stereocenters. The van der Waals surface area contributed by atoms with Crippen LogP contribution in [0.3, 0.4) is 0 Å². The minimum atomic E-state index is -4.36. The summed E-state index contributed by atoms with van der Waals surface area (Å²) in [5.74, 6) is -0.481. The molecule has 2 N–H and O–H groups in total. The van der Waals surface area contributed by atoms with Gasteiger partial charge in [0.2, 0.25) is 0 Å². The van der Waals surface area contributed by atoms with Crippen LogP contribution in [0.1, 0.15) is 26.7 Å². The lowest BCUT2D eigenvalue weighted by atomic mass is 9.82. The number of carbonyl (C=O) groups excluding carboxylic acids is 1. The number of nitrogens with two attached hydrogens (primary N) is 1. The highest BCUT2D eigenvalue weighted by atomic mass is 19.4. The van der Waals surface area contributed by atoms with Crippen molar-refractivity contribution < 1.29 is 27.4 Å². The number of halogens is 3. The maximum Gasteiger partial charge on any atom is 0.411 e. The molecule has 0 aromatic carbocycles. The Morgan fingerprint density at radius 1 is 1.28 bits per heavy atom. The predicted octanol–water partition coefficient (Wildman–Crippen LogP) is 1.87. The molecule has 0 radical (unpaired) electrons. The average molecular weight is 271 g/mol. The van der Waals surface area contributed by atoms with Crippen LogP contribution in [0.4, 0.5) is 13.2 Å². The zero-order valence-corrected chi connectivity index (χ0v) is 10.7. The van der Waals surface area contributed by atoms with Crippen LogP contribution in [0.15, 0.2) is 0 Å². The number of ether oxygens (including phenoxy) is 2. The van der Waals surface area contributed by atoms with E-state index in [0.29, 0.717) is 6.42 Å². The quantitative estimate of drug-likeness (QED) is 0.541. The Morgan fingerprint density at radius 3 is 2.28 bits per heavy atom. The van der Waals surface area contributed by atoms with Gasteiger partial charge in [-0.1, -0.05) is 6.92 Å². The fraction of sp³-hybridized carbons (Fsp3) is 0.909. The molecule has 108 valence electrons. The van der Waals surface area contributed by atoms with E-state index in [1.54, 1.807) is 13.8 Å². The van der Waals surface area contributed by atoms with E-state index in [2.05, 4.69) is 4.74 Å². The predicted molar refractivity (Wildman–Crippen MR) is 59.9 cm³/mol. The molecular weight excluding hydrogens is 251 g/mol. The molecule has 0 amide bonds. The Bertz CT molecular complexity index is 252. The highest BCUT2D eigenvalue weighted by molar-refractivity contribution is 5.77. The van der Waals surface area contributed by atoms with Crippen LogP contribution in [-0.2, 0) is 14.3 Å². The van der Waals surface area contributed by atoms with E-state index in [0.717, 1.165) is 0 Å². The van der Waals surface area contributed by atoms with Crippen molar-refractivity contribution in [1.82, 2.24) is 0 Å². The van der Waals surface area contributed by atoms with E-state index < -0.39 is 24.2 Å². The normalized spacial score (nSPS) is 15.2. The number of hydrogen-bond donors (Lipinski definition) is 1. The minimum absolute atomic E-state index is 0.0255. The third kappa shape index (κ3) is 5.68. The Labute approximate surface area is 105 Å². The zero-order chi connectivity index (χ0) is 14.2. The van der Waals surface area contributed by atoms with Crippen LogP contribution in [-0.4, -0.2) is 38.5 Å². The molecular formula is C11H20F3NO3. The third-order valence-corrected chi connectivity index (χ3v) is 2.77. The summed E-state index contributed by atoms with van der Waals surface area (Å²) >= 11 is 0. The van der Waals surface area contributed by atoms with Gasteiger partial charge in [-0.3, -0.25) is 4.79 Å². The molecule has 18 heavy (non-hydrogen) atoms. The summed E-state index contributed by atoms with van der Waals surface area (Å²) in [7, 11) is 0. The van der Waals surface area contributed by atoms with Gasteiger partial charge in [-0.05, 0) is 19.8 Å². The van der Waals surface area contributed by atoms with Gasteiger partial charge in [-0.25, -0.2) is 0 Å². The van der Waals surface area contributed by atoms with E-state index in [-0.39, 0.29) is 26.2 Å². The van der Waals surface area contributed by atoms with Gasteiger partial charge < -0.3 is 15.2 Å². The molecule has 0 aliphatic rings. The summed E-state index contributed by atoms with van der Waals surface area (Å²) in [6.07, 6.45) is -3.84. The number of hydrogen-bond acceptors (Lipinski definition) is 4. The Hall–Kier alpha value is -0.820. The van der Waals surface area contributed by atoms with Crippen LogP contribution in [0.2, 0.25) is 0 Å². The van der Waals surface area contributed by atoms with Gasteiger partial charge in [0, 0.05) is 13.2 Å². The molecule has 0 aliphatic heterocycles. The highest BCUT2D eigenvalue weighted by Gasteiger charge is 2.37. The number of carbonyl (C=O) groups is 1. The first kappa shape index (κ1) is 17.2. The van der Waals surface area contributed by atoms with Crippen LogP contribution in [0, 0.1) is 5.41 Å². The lowest BCUT2D eigenvalue weighted by Gasteiger charge is -2.28. The molecule has 0 heterocycles. The van der Waals surface area contributed by atoms with Crippen molar-refractivity contribution in [1.29, 1.82) is 0 Å². The monoisotopic (exact) mass is 271 g/mol. The first-order chi connectivity index (χ1) is 8.31. The SMILES string of the molecule is CCOC(=O)C(CC)(CN)CCOCC(F)(F)F. The molecule has 0 saturated carbocycles. The first-order valence-corrected chi connectivity index (χ1v) is 5.83. The van der Waals surface area contributed by atoms with Gasteiger partial charge >= 0.3 is 12.1 Å². The van der Waals surface area contributed by atoms with Gasteiger partial charge in [0.1, 0.15) is 6.61 Å². The van der Waals surface area contributed by atoms with Crippen LogP contribution in [0.5, 0.6) is 0 Å². The summed E-state index contributed by atoms with van der Waals surface area (Å²) < 4.78 is 45.0. The lowest BCUT2D eigenvalue weighted by molar-refractivity contribution is -0.177. The summed E-state index contributed by atoms with van der Waals surface area (Å²) in [4.78, 5) is 11.7. The largest absolute Gasteiger partial charge is 0.466 e. The first-order valence-electron chi connectivity index (χ1n) is 5.83. The number of esters is 1. The van der Waals surface area contributed by atoms with Crippen molar-refractivity contribution in [3.63, 3.8) is 0 Å². The second kappa shape index (κ2) is 7.58. The van der Waals surface area contributed by atoms with E-state index in [1.165, 1.54) is 0 Å². The topological polar surface area (TPSA) is 61.5 Å². The van der Waals surface area contributed by atoms with E-state index in [9.17, 15) is 18.0 Å². The maximum absolute atomic E-state index is 11.9. The fourth-order valence-corrected chi connectivity index (χ4v) is 1.49. The average Bonchev–Trinajstić information content (AvgIpc) is 2.29. The second-order valence-electron chi connectivity index (χ2n) is 3.98. The summed E-state index contributed by atoms with van der Waals surface area (Å²) in [6.45, 7) is 2.15. The van der Waals surface area contributed by atoms with Gasteiger partial charge in [0.15, 0.2) is 0 Å². The summed E-state index contributed by atoms with van der Waals surface area (Å²) in [5, 5.41) is 0.